The van der Waals surface area contributed by atoms with Crippen LogP contribution in [0.2, 0.25) is 0 Å². The van der Waals surface area contributed by atoms with Crippen LogP contribution in [0.25, 0.3) is 0 Å². The summed E-state index contributed by atoms with van der Waals surface area (Å²) in [5.74, 6) is 0. The van der Waals surface area contributed by atoms with E-state index >= 15 is 0 Å². The number of piperazine rings is 1. The molecule has 1 aliphatic heterocycles. The highest BCUT2D eigenvalue weighted by molar-refractivity contribution is 8.00. The van der Waals surface area contributed by atoms with E-state index in [1.165, 1.54) is 31.5 Å². The van der Waals surface area contributed by atoms with Crippen LogP contribution in [0.3, 0.4) is 0 Å². The molecule has 2 nitrogen and oxygen atoms in total. The number of benzene rings is 1. The second-order valence-electron chi connectivity index (χ2n) is 6.05. The van der Waals surface area contributed by atoms with Gasteiger partial charge in [-0.25, -0.2) is 0 Å². The molecule has 2 unspecified atom stereocenters. The molecule has 1 aromatic rings. The predicted molar refractivity (Wildman–Crippen MR) is 83.7 cm³/mol. The van der Waals surface area contributed by atoms with Crippen molar-refractivity contribution in [1.29, 1.82) is 0 Å². The second-order valence-corrected chi connectivity index (χ2v) is 7.33. The monoisotopic (exact) mass is 276 g/mol. The highest BCUT2D eigenvalue weighted by Crippen LogP contribution is 2.48. The zero-order valence-electron chi connectivity index (χ0n) is 11.9. The Morgan fingerprint density at radius 2 is 2.05 bits per heavy atom. The third-order valence-electron chi connectivity index (χ3n) is 4.53. The maximum Gasteiger partial charge on any atom is 0.0474 e. The lowest BCUT2D eigenvalue weighted by molar-refractivity contribution is 0.134. The van der Waals surface area contributed by atoms with E-state index in [-0.39, 0.29) is 0 Å². The van der Waals surface area contributed by atoms with Crippen LogP contribution in [0.5, 0.6) is 0 Å². The summed E-state index contributed by atoms with van der Waals surface area (Å²) in [5, 5.41) is 3.64. The molecule has 2 fully saturated rings. The Kier molecular flexibility index (Phi) is 3.88. The lowest BCUT2D eigenvalue weighted by Crippen LogP contribution is -2.52. The average Bonchev–Trinajstić information content (AvgIpc) is 3.20. The summed E-state index contributed by atoms with van der Waals surface area (Å²) >= 11 is 2.07. The van der Waals surface area contributed by atoms with Crippen LogP contribution in [0, 0.1) is 0 Å². The van der Waals surface area contributed by atoms with E-state index in [1.54, 1.807) is 0 Å². The van der Waals surface area contributed by atoms with E-state index in [4.69, 9.17) is 0 Å². The van der Waals surface area contributed by atoms with Gasteiger partial charge in [-0.2, -0.15) is 11.8 Å². The Morgan fingerprint density at radius 3 is 2.68 bits per heavy atom. The van der Waals surface area contributed by atoms with Gasteiger partial charge in [0.05, 0.1) is 0 Å². The standard InChI is InChI=1S/C16H24N2S/c1-13-11-18(12-16(19-2)8-9-16)15(10-17-13)14-6-4-3-5-7-14/h3-7,13,15,17H,8-12H2,1-2H3. The molecule has 1 saturated heterocycles. The van der Waals surface area contributed by atoms with Crippen molar-refractivity contribution in [3.63, 3.8) is 0 Å². The molecule has 0 amide bonds. The van der Waals surface area contributed by atoms with E-state index in [2.05, 4.69) is 65.5 Å². The summed E-state index contributed by atoms with van der Waals surface area (Å²) in [5.41, 5.74) is 1.46. The fraction of sp³-hybridized carbons (Fsp3) is 0.625. The van der Waals surface area contributed by atoms with Crippen LogP contribution in [0.15, 0.2) is 30.3 Å². The lowest BCUT2D eigenvalue weighted by Gasteiger charge is -2.41. The fourth-order valence-corrected chi connectivity index (χ4v) is 3.91. The Hall–Kier alpha value is -0.510. The molecule has 0 bridgehead atoms. The molecular formula is C16H24N2S. The molecule has 0 spiro atoms. The SMILES string of the molecule is CSC1(CN2CC(C)NCC2c2ccccc2)CC1. The third kappa shape index (κ3) is 2.99. The van der Waals surface area contributed by atoms with Crippen LogP contribution in [0.1, 0.15) is 31.4 Å². The zero-order valence-corrected chi connectivity index (χ0v) is 12.7. The fourth-order valence-electron chi connectivity index (χ4n) is 3.10. The molecule has 104 valence electrons. The minimum Gasteiger partial charge on any atom is -0.311 e. The Morgan fingerprint density at radius 1 is 1.32 bits per heavy atom. The summed E-state index contributed by atoms with van der Waals surface area (Å²) in [7, 11) is 0. The average molecular weight is 276 g/mol. The van der Waals surface area contributed by atoms with E-state index in [9.17, 15) is 0 Å². The first-order valence-electron chi connectivity index (χ1n) is 7.30. The molecule has 2 atom stereocenters. The third-order valence-corrected chi connectivity index (χ3v) is 5.93. The minimum absolute atomic E-state index is 0.544. The van der Waals surface area contributed by atoms with Crippen molar-refractivity contribution in [3.05, 3.63) is 35.9 Å². The lowest BCUT2D eigenvalue weighted by atomic mass is 10.0. The van der Waals surface area contributed by atoms with Crippen molar-refractivity contribution in [3.8, 4) is 0 Å². The highest BCUT2D eigenvalue weighted by atomic mass is 32.2. The van der Waals surface area contributed by atoms with Gasteiger partial charge in [-0.15, -0.1) is 0 Å². The summed E-state index contributed by atoms with van der Waals surface area (Å²) in [4.78, 5) is 2.71. The molecule has 0 aromatic heterocycles. The number of hydrogen-bond donors (Lipinski definition) is 1. The Bertz CT molecular complexity index is 416. The van der Waals surface area contributed by atoms with E-state index in [0.29, 0.717) is 16.8 Å². The summed E-state index contributed by atoms with van der Waals surface area (Å²) in [6.07, 6.45) is 5.07. The van der Waals surface area contributed by atoms with Gasteiger partial charge in [-0.3, -0.25) is 4.90 Å². The Labute approximate surface area is 121 Å². The van der Waals surface area contributed by atoms with E-state index < -0.39 is 0 Å². The predicted octanol–water partition coefficient (Wildman–Crippen LogP) is 2.92. The minimum atomic E-state index is 0.544. The van der Waals surface area contributed by atoms with Gasteiger partial charge in [0.15, 0.2) is 0 Å². The van der Waals surface area contributed by atoms with Gasteiger partial charge in [-0.1, -0.05) is 30.3 Å². The van der Waals surface area contributed by atoms with Gasteiger partial charge in [0.2, 0.25) is 0 Å². The first-order valence-corrected chi connectivity index (χ1v) is 8.52. The normalized spacial score (nSPS) is 30.2. The van der Waals surface area contributed by atoms with E-state index in [0.717, 1.165) is 6.54 Å². The largest absolute Gasteiger partial charge is 0.311 e. The molecule has 0 radical (unpaired) electrons. The molecule has 1 heterocycles. The first-order chi connectivity index (χ1) is 9.22. The molecule has 1 saturated carbocycles. The maximum absolute atomic E-state index is 3.64. The molecule has 2 aliphatic rings. The summed E-state index contributed by atoms with van der Waals surface area (Å²) in [6.45, 7) is 5.80. The molecule has 1 aromatic carbocycles. The van der Waals surface area contributed by atoms with Crippen molar-refractivity contribution < 1.29 is 0 Å². The number of thioether (sulfide) groups is 1. The van der Waals surface area contributed by atoms with E-state index in [1.807, 2.05) is 0 Å². The molecule has 1 aliphatic carbocycles. The van der Waals surface area contributed by atoms with Crippen molar-refractivity contribution in [1.82, 2.24) is 10.2 Å². The molecule has 1 N–H and O–H groups in total. The van der Waals surface area contributed by atoms with Crippen molar-refractivity contribution in [2.24, 2.45) is 0 Å². The van der Waals surface area contributed by atoms with Crippen molar-refractivity contribution >= 4 is 11.8 Å². The van der Waals surface area contributed by atoms with Gasteiger partial charge >= 0.3 is 0 Å². The number of nitrogens with one attached hydrogen (secondary N) is 1. The van der Waals surface area contributed by atoms with Crippen LogP contribution in [-0.4, -0.2) is 41.6 Å². The number of rotatable bonds is 4. The topological polar surface area (TPSA) is 15.3 Å². The Balaban J connectivity index is 1.76. The summed E-state index contributed by atoms with van der Waals surface area (Å²) in [6, 6.07) is 12.1. The highest BCUT2D eigenvalue weighted by Gasteiger charge is 2.45. The molecule has 3 heteroatoms. The van der Waals surface area contributed by atoms with Crippen molar-refractivity contribution in [2.75, 3.05) is 25.9 Å². The van der Waals surface area contributed by atoms with Crippen LogP contribution in [0.4, 0.5) is 0 Å². The van der Waals surface area contributed by atoms with Gasteiger partial charge in [-0.05, 0) is 31.6 Å². The molecular weight excluding hydrogens is 252 g/mol. The van der Waals surface area contributed by atoms with Gasteiger partial charge in [0, 0.05) is 36.5 Å². The number of hydrogen-bond acceptors (Lipinski definition) is 3. The van der Waals surface area contributed by atoms with Crippen LogP contribution >= 0.6 is 11.8 Å². The maximum atomic E-state index is 3.64. The van der Waals surface area contributed by atoms with Gasteiger partial charge < -0.3 is 5.32 Å². The smallest absolute Gasteiger partial charge is 0.0474 e. The zero-order chi connectivity index (χ0) is 13.3. The number of nitrogens with zero attached hydrogens (tertiary/aromatic N) is 1. The quantitative estimate of drug-likeness (QED) is 0.910. The second kappa shape index (κ2) is 5.47. The first kappa shape index (κ1) is 13.5. The summed E-state index contributed by atoms with van der Waals surface area (Å²) < 4.78 is 0.560. The molecule has 3 rings (SSSR count). The van der Waals surface area contributed by atoms with Crippen molar-refractivity contribution in [2.45, 2.75) is 36.6 Å². The van der Waals surface area contributed by atoms with Crippen LogP contribution in [-0.2, 0) is 0 Å². The van der Waals surface area contributed by atoms with Gasteiger partial charge in [0.25, 0.3) is 0 Å². The molecule has 19 heavy (non-hydrogen) atoms. The van der Waals surface area contributed by atoms with Gasteiger partial charge in [0.1, 0.15) is 0 Å². The van der Waals surface area contributed by atoms with Crippen LogP contribution < -0.4 is 5.32 Å².